The van der Waals surface area contributed by atoms with E-state index in [1.54, 1.807) is 23.4 Å². The summed E-state index contributed by atoms with van der Waals surface area (Å²) >= 11 is 0. The summed E-state index contributed by atoms with van der Waals surface area (Å²) in [7, 11) is 0. The minimum atomic E-state index is 0.0311. The molecule has 0 aliphatic heterocycles. The third-order valence-electron chi connectivity index (χ3n) is 2.22. The van der Waals surface area contributed by atoms with Gasteiger partial charge in [-0.1, -0.05) is 5.21 Å². The van der Waals surface area contributed by atoms with E-state index in [2.05, 4.69) is 15.3 Å². The number of aliphatic hydroxyl groups excluding tert-OH is 1. The molecule has 0 saturated carbocycles. The Morgan fingerprint density at radius 3 is 3.00 bits per heavy atom. The molecule has 0 radical (unpaired) electrons. The van der Waals surface area contributed by atoms with Crippen LogP contribution in [-0.2, 0) is 19.7 Å². The van der Waals surface area contributed by atoms with E-state index < -0.39 is 0 Å². The van der Waals surface area contributed by atoms with E-state index in [1.807, 2.05) is 10.8 Å². The molecule has 80 valence electrons. The van der Waals surface area contributed by atoms with E-state index >= 15 is 0 Å². The zero-order valence-electron chi connectivity index (χ0n) is 8.32. The van der Waals surface area contributed by atoms with Crippen molar-refractivity contribution in [2.45, 2.75) is 26.1 Å². The number of nitrogens with zero attached hydrogens (tertiary/aromatic N) is 5. The SMILES string of the molecule is OCc1cncn1CCCn1ccnn1. The van der Waals surface area contributed by atoms with Gasteiger partial charge in [0.25, 0.3) is 0 Å². The number of aromatic nitrogens is 5. The maximum absolute atomic E-state index is 9.00. The topological polar surface area (TPSA) is 68.8 Å². The molecule has 2 aromatic heterocycles. The van der Waals surface area contributed by atoms with E-state index in [0.29, 0.717) is 0 Å². The predicted molar refractivity (Wildman–Crippen MR) is 52.8 cm³/mol. The Morgan fingerprint density at radius 1 is 1.33 bits per heavy atom. The average Bonchev–Trinajstić information content (AvgIpc) is 2.88. The Hall–Kier alpha value is -1.69. The average molecular weight is 207 g/mol. The third kappa shape index (κ3) is 2.41. The molecule has 0 aliphatic carbocycles. The third-order valence-corrected chi connectivity index (χ3v) is 2.22. The highest BCUT2D eigenvalue weighted by molar-refractivity contribution is 4.95. The number of imidazole rings is 1. The number of hydrogen-bond donors (Lipinski definition) is 1. The number of aliphatic hydroxyl groups is 1. The van der Waals surface area contributed by atoms with Crippen LogP contribution in [0, 0.1) is 0 Å². The molecule has 0 spiro atoms. The highest BCUT2D eigenvalue weighted by Gasteiger charge is 2.00. The van der Waals surface area contributed by atoms with Gasteiger partial charge in [0.1, 0.15) is 0 Å². The lowest BCUT2D eigenvalue weighted by atomic mass is 10.4. The first-order valence-corrected chi connectivity index (χ1v) is 4.84. The molecule has 0 bridgehead atoms. The molecule has 0 aliphatic rings. The maximum atomic E-state index is 9.00. The van der Waals surface area contributed by atoms with Crippen molar-refractivity contribution >= 4 is 0 Å². The van der Waals surface area contributed by atoms with Gasteiger partial charge in [0.15, 0.2) is 0 Å². The first-order valence-electron chi connectivity index (χ1n) is 4.84. The Labute approximate surface area is 87.2 Å². The number of hydrogen-bond acceptors (Lipinski definition) is 4. The van der Waals surface area contributed by atoms with Crippen LogP contribution in [-0.4, -0.2) is 29.7 Å². The van der Waals surface area contributed by atoms with E-state index in [1.165, 1.54) is 0 Å². The quantitative estimate of drug-likeness (QED) is 0.752. The zero-order valence-corrected chi connectivity index (χ0v) is 8.32. The van der Waals surface area contributed by atoms with Crippen LogP contribution in [0.5, 0.6) is 0 Å². The van der Waals surface area contributed by atoms with Crippen molar-refractivity contribution in [1.82, 2.24) is 24.5 Å². The molecule has 6 nitrogen and oxygen atoms in total. The van der Waals surface area contributed by atoms with Crippen LogP contribution in [0.15, 0.2) is 24.9 Å². The molecular weight excluding hydrogens is 194 g/mol. The summed E-state index contributed by atoms with van der Waals surface area (Å²) in [6, 6.07) is 0. The Kier molecular flexibility index (Phi) is 3.08. The lowest BCUT2D eigenvalue weighted by molar-refractivity contribution is 0.269. The van der Waals surface area contributed by atoms with Crippen LogP contribution in [0.25, 0.3) is 0 Å². The largest absolute Gasteiger partial charge is 0.390 e. The summed E-state index contributed by atoms with van der Waals surface area (Å²) in [5.74, 6) is 0. The van der Waals surface area contributed by atoms with Gasteiger partial charge in [-0.05, 0) is 6.42 Å². The minimum Gasteiger partial charge on any atom is -0.390 e. The lowest BCUT2D eigenvalue weighted by Crippen LogP contribution is -2.06. The second-order valence-electron chi connectivity index (χ2n) is 3.26. The van der Waals surface area contributed by atoms with Crippen molar-refractivity contribution in [3.8, 4) is 0 Å². The Morgan fingerprint density at radius 2 is 2.27 bits per heavy atom. The van der Waals surface area contributed by atoms with Crippen LogP contribution in [0.1, 0.15) is 12.1 Å². The normalized spacial score (nSPS) is 10.7. The van der Waals surface area contributed by atoms with Gasteiger partial charge in [-0.2, -0.15) is 0 Å². The minimum absolute atomic E-state index is 0.0311. The highest BCUT2D eigenvalue weighted by Crippen LogP contribution is 2.01. The van der Waals surface area contributed by atoms with Crippen LogP contribution < -0.4 is 0 Å². The van der Waals surface area contributed by atoms with Gasteiger partial charge in [-0.25, -0.2) is 4.98 Å². The van der Waals surface area contributed by atoms with E-state index in [-0.39, 0.29) is 6.61 Å². The fourth-order valence-corrected chi connectivity index (χ4v) is 1.44. The molecule has 6 heteroatoms. The van der Waals surface area contributed by atoms with E-state index in [4.69, 9.17) is 5.11 Å². The Bertz CT molecular complexity index is 394. The van der Waals surface area contributed by atoms with Crippen LogP contribution in [0.2, 0.25) is 0 Å². The summed E-state index contributed by atoms with van der Waals surface area (Å²) in [5, 5.41) is 16.6. The molecule has 2 rings (SSSR count). The molecule has 2 aromatic rings. The van der Waals surface area contributed by atoms with Crippen molar-refractivity contribution in [3.63, 3.8) is 0 Å². The molecule has 1 N–H and O–H groups in total. The molecular formula is C9H13N5O. The molecule has 15 heavy (non-hydrogen) atoms. The van der Waals surface area contributed by atoms with Gasteiger partial charge in [0.05, 0.1) is 31.0 Å². The molecule has 0 fully saturated rings. The summed E-state index contributed by atoms with van der Waals surface area (Å²) in [6.45, 7) is 1.68. The van der Waals surface area contributed by atoms with Gasteiger partial charge >= 0.3 is 0 Å². The summed E-state index contributed by atoms with van der Waals surface area (Å²) in [5.41, 5.74) is 0.841. The fraction of sp³-hybridized carbons (Fsp3) is 0.444. The van der Waals surface area contributed by atoms with Gasteiger partial charge < -0.3 is 9.67 Å². The highest BCUT2D eigenvalue weighted by atomic mass is 16.3. The van der Waals surface area contributed by atoms with Crippen LogP contribution in [0.3, 0.4) is 0 Å². The predicted octanol–water partition coefficient (Wildman–Crippen LogP) is 0.0572. The van der Waals surface area contributed by atoms with E-state index in [9.17, 15) is 0 Å². The van der Waals surface area contributed by atoms with E-state index in [0.717, 1.165) is 25.2 Å². The Balaban J connectivity index is 1.83. The van der Waals surface area contributed by atoms with Crippen LogP contribution >= 0.6 is 0 Å². The molecule has 0 unspecified atom stereocenters. The smallest absolute Gasteiger partial charge is 0.0948 e. The second-order valence-corrected chi connectivity index (χ2v) is 3.26. The van der Waals surface area contributed by atoms with Gasteiger partial charge in [-0.15, -0.1) is 5.10 Å². The molecule has 0 atom stereocenters. The molecule has 0 amide bonds. The monoisotopic (exact) mass is 207 g/mol. The van der Waals surface area contributed by atoms with Crippen molar-refractivity contribution in [3.05, 3.63) is 30.6 Å². The van der Waals surface area contributed by atoms with Crippen molar-refractivity contribution in [2.24, 2.45) is 0 Å². The van der Waals surface area contributed by atoms with Gasteiger partial charge in [0, 0.05) is 19.3 Å². The summed E-state index contributed by atoms with van der Waals surface area (Å²) < 4.78 is 3.73. The zero-order chi connectivity index (χ0) is 10.5. The van der Waals surface area contributed by atoms with Crippen molar-refractivity contribution < 1.29 is 5.11 Å². The fourth-order valence-electron chi connectivity index (χ4n) is 1.44. The first kappa shape index (κ1) is 9.85. The molecule has 0 saturated heterocycles. The lowest BCUT2D eigenvalue weighted by Gasteiger charge is -2.05. The maximum Gasteiger partial charge on any atom is 0.0948 e. The molecule has 2 heterocycles. The summed E-state index contributed by atoms with van der Waals surface area (Å²) in [4.78, 5) is 3.98. The van der Waals surface area contributed by atoms with Gasteiger partial charge in [-0.3, -0.25) is 4.68 Å². The standard InChI is InChI=1S/C9H13N5O/c15-7-9-6-10-8-13(9)3-1-4-14-5-2-11-12-14/h2,5-6,8,15H,1,3-4,7H2. The number of aryl methyl sites for hydroxylation is 2. The first-order chi connectivity index (χ1) is 7.40. The molecule has 0 aromatic carbocycles. The van der Waals surface area contributed by atoms with Crippen molar-refractivity contribution in [1.29, 1.82) is 0 Å². The summed E-state index contributed by atoms with van der Waals surface area (Å²) in [6.07, 6.45) is 7.84. The van der Waals surface area contributed by atoms with Crippen LogP contribution in [0.4, 0.5) is 0 Å². The number of rotatable bonds is 5. The second kappa shape index (κ2) is 4.70. The van der Waals surface area contributed by atoms with Crippen molar-refractivity contribution in [2.75, 3.05) is 0 Å². The van der Waals surface area contributed by atoms with Gasteiger partial charge in [0.2, 0.25) is 0 Å².